The Morgan fingerprint density at radius 3 is 2.64 bits per heavy atom. The van der Waals surface area contributed by atoms with E-state index in [1.165, 1.54) is 6.07 Å². The highest BCUT2D eigenvalue weighted by Gasteiger charge is 2.07. The van der Waals surface area contributed by atoms with E-state index >= 15 is 0 Å². The van der Waals surface area contributed by atoms with Gasteiger partial charge < -0.3 is 0 Å². The van der Waals surface area contributed by atoms with Gasteiger partial charge in [-0.05, 0) is 0 Å². The van der Waals surface area contributed by atoms with Crippen molar-refractivity contribution in [2.75, 3.05) is 12.3 Å². The van der Waals surface area contributed by atoms with Crippen LogP contribution in [0.15, 0.2) is 11.6 Å². The van der Waals surface area contributed by atoms with Crippen molar-refractivity contribution >= 4 is 21.6 Å². The van der Waals surface area contributed by atoms with Gasteiger partial charge in [0.25, 0.3) is 0 Å². The lowest BCUT2D eigenvalue weighted by atomic mass is 10.7. The molecule has 0 atom stereocenters. The molecule has 62 valence electrons. The standard InChI is InChI=1S/C5H7ClN2O2S/c1-5(6)4-8-11(9,10)3-2-7/h8H,1,3-4H2. The quantitative estimate of drug-likeness (QED) is 0.694. The largest absolute Gasteiger partial charge is 0.225 e. The summed E-state index contributed by atoms with van der Waals surface area (Å²) in [6.07, 6.45) is 0. The summed E-state index contributed by atoms with van der Waals surface area (Å²) in [4.78, 5) is 0. The molecule has 0 aliphatic carbocycles. The fourth-order valence-electron chi connectivity index (χ4n) is 0.324. The summed E-state index contributed by atoms with van der Waals surface area (Å²) >= 11 is 5.28. The van der Waals surface area contributed by atoms with E-state index in [2.05, 4.69) is 11.3 Å². The first-order valence-corrected chi connectivity index (χ1v) is 4.68. The maximum Gasteiger partial charge on any atom is 0.225 e. The number of rotatable bonds is 4. The Morgan fingerprint density at radius 1 is 1.73 bits per heavy atom. The molecule has 0 unspecified atom stereocenters. The molecule has 0 rings (SSSR count). The number of hydrogen-bond donors (Lipinski definition) is 1. The highest BCUT2D eigenvalue weighted by Crippen LogP contribution is 1.94. The van der Waals surface area contributed by atoms with Crippen LogP contribution in [-0.2, 0) is 10.0 Å². The minimum atomic E-state index is -3.48. The molecule has 0 heterocycles. The first-order valence-electron chi connectivity index (χ1n) is 2.65. The van der Waals surface area contributed by atoms with Gasteiger partial charge in [0, 0.05) is 11.6 Å². The Bertz CT molecular complexity index is 277. The van der Waals surface area contributed by atoms with E-state index < -0.39 is 15.8 Å². The summed E-state index contributed by atoms with van der Waals surface area (Å²) < 4.78 is 23.5. The Labute approximate surface area is 70.5 Å². The fraction of sp³-hybridized carbons (Fsp3) is 0.400. The van der Waals surface area contributed by atoms with Gasteiger partial charge >= 0.3 is 0 Å². The van der Waals surface area contributed by atoms with Crippen molar-refractivity contribution in [1.82, 2.24) is 4.72 Å². The molecule has 0 aliphatic rings. The molecule has 0 amide bonds. The summed E-state index contributed by atoms with van der Waals surface area (Å²) in [7, 11) is -3.48. The lowest BCUT2D eigenvalue weighted by Gasteiger charge is -1.99. The van der Waals surface area contributed by atoms with Gasteiger partial charge in [-0.3, -0.25) is 0 Å². The van der Waals surface area contributed by atoms with Crippen LogP contribution >= 0.6 is 11.6 Å². The molecular weight excluding hydrogens is 188 g/mol. The molecule has 0 aliphatic heterocycles. The van der Waals surface area contributed by atoms with E-state index in [-0.39, 0.29) is 11.6 Å². The molecule has 0 fully saturated rings. The molecule has 0 aromatic heterocycles. The van der Waals surface area contributed by atoms with Crippen molar-refractivity contribution in [1.29, 1.82) is 5.26 Å². The van der Waals surface area contributed by atoms with Gasteiger partial charge in [0.2, 0.25) is 10.0 Å². The van der Waals surface area contributed by atoms with Crippen LogP contribution in [0.2, 0.25) is 0 Å². The van der Waals surface area contributed by atoms with Gasteiger partial charge in [-0.15, -0.1) is 0 Å². The topological polar surface area (TPSA) is 70.0 Å². The van der Waals surface area contributed by atoms with E-state index in [9.17, 15) is 8.42 Å². The average Bonchev–Trinajstić information content (AvgIpc) is 1.84. The summed E-state index contributed by atoms with van der Waals surface area (Å²) in [6, 6.07) is 1.51. The molecule has 0 saturated heterocycles. The molecule has 6 heteroatoms. The van der Waals surface area contributed by atoms with Gasteiger partial charge in [0.15, 0.2) is 5.75 Å². The van der Waals surface area contributed by atoms with E-state index in [1.807, 2.05) is 0 Å². The fourth-order valence-corrected chi connectivity index (χ4v) is 1.14. The maximum atomic E-state index is 10.7. The molecule has 0 aromatic rings. The van der Waals surface area contributed by atoms with Crippen LogP contribution in [0.5, 0.6) is 0 Å². The van der Waals surface area contributed by atoms with Crippen LogP contribution in [0, 0.1) is 11.3 Å². The molecule has 4 nitrogen and oxygen atoms in total. The number of nitrogens with zero attached hydrogens (tertiary/aromatic N) is 1. The van der Waals surface area contributed by atoms with Crippen molar-refractivity contribution < 1.29 is 8.42 Å². The molecular formula is C5H7ClN2O2S. The van der Waals surface area contributed by atoms with E-state index in [0.29, 0.717) is 0 Å². The van der Waals surface area contributed by atoms with Gasteiger partial charge in [0.1, 0.15) is 0 Å². The third-order valence-electron chi connectivity index (χ3n) is 0.738. The average molecular weight is 195 g/mol. The highest BCUT2D eigenvalue weighted by atomic mass is 35.5. The van der Waals surface area contributed by atoms with Crippen LogP contribution in [0.25, 0.3) is 0 Å². The molecule has 0 bridgehead atoms. The van der Waals surface area contributed by atoms with E-state index in [1.54, 1.807) is 0 Å². The molecule has 0 radical (unpaired) electrons. The third kappa shape index (κ3) is 5.85. The van der Waals surface area contributed by atoms with Crippen molar-refractivity contribution in [3.05, 3.63) is 11.6 Å². The number of sulfonamides is 1. The first kappa shape index (κ1) is 10.4. The lowest BCUT2D eigenvalue weighted by Crippen LogP contribution is -2.26. The molecule has 0 saturated carbocycles. The first-order chi connectivity index (χ1) is 4.98. The van der Waals surface area contributed by atoms with E-state index in [4.69, 9.17) is 16.9 Å². The minimum Gasteiger partial charge on any atom is -0.211 e. The van der Waals surface area contributed by atoms with Crippen LogP contribution in [0.4, 0.5) is 0 Å². The summed E-state index contributed by atoms with van der Waals surface area (Å²) in [6.45, 7) is 3.24. The van der Waals surface area contributed by atoms with Gasteiger partial charge in [-0.1, -0.05) is 18.2 Å². The number of hydrogen-bond acceptors (Lipinski definition) is 3. The third-order valence-corrected chi connectivity index (χ3v) is 1.97. The van der Waals surface area contributed by atoms with Crippen LogP contribution in [0.3, 0.4) is 0 Å². The zero-order valence-electron chi connectivity index (χ0n) is 5.67. The van der Waals surface area contributed by atoms with Crippen molar-refractivity contribution in [3.63, 3.8) is 0 Å². The highest BCUT2D eigenvalue weighted by molar-refractivity contribution is 7.89. The Balaban J connectivity index is 3.96. The summed E-state index contributed by atoms with van der Waals surface area (Å²) in [5.41, 5.74) is 0. The smallest absolute Gasteiger partial charge is 0.211 e. The van der Waals surface area contributed by atoms with Crippen LogP contribution in [-0.4, -0.2) is 20.7 Å². The predicted molar refractivity (Wildman–Crippen MR) is 42.4 cm³/mol. The second kappa shape index (κ2) is 4.34. The van der Waals surface area contributed by atoms with Crippen LogP contribution < -0.4 is 4.72 Å². The summed E-state index contributed by atoms with van der Waals surface area (Å²) in [5.74, 6) is -0.558. The zero-order chi connectivity index (χ0) is 8.91. The minimum absolute atomic E-state index is 0.0361. The Morgan fingerprint density at radius 2 is 2.27 bits per heavy atom. The second-order valence-electron chi connectivity index (χ2n) is 1.76. The SMILES string of the molecule is C=C(Cl)CNS(=O)(=O)CC#N. The second-order valence-corrected chi connectivity index (χ2v) is 4.10. The monoisotopic (exact) mass is 194 g/mol. The number of nitriles is 1. The van der Waals surface area contributed by atoms with Crippen molar-refractivity contribution in [2.45, 2.75) is 0 Å². The molecule has 0 aromatic carbocycles. The zero-order valence-corrected chi connectivity index (χ0v) is 7.24. The Kier molecular flexibility index (Phi) is 4.11. The van der Waals surface area contributed by atoms with Gasteiger partial charge in [-0.25, -0.2) is 13.1 Å². The normalized spacial score (nSPS) is 10.5. The molecule has 11 heavy (non-hydrogen) atoms. The predicted octanol–water partition coefficient (Wildman–Crippen LogP) is 0.182. The maximum absolute atomic E-state index is 10.7. The van der Waals surface area contributed by atoms with E-state index in [0.717, 1.165) is 0 Å². The van der Waals surface area contributed by atoms with Crippen molar-refractivity contribution in [3.8, 4) is 6.07 Å². The molecule has 1 N–H and O–H groups in total. The summed E-state index contributed by atoms with van der Waals surface area (Å²) in [5, 5.41) is 8.23. The lowest BCUT2D eigenvalue weighted by molar-refractivity contribution is 0.589. The van der Waals surface area contributed by atoms with Gasteiger partial charge in [-0.2, -0.15) is 5.26 Å². The van der Waals surface area contributed by atoms with Gasteiger partial charge in [0.05, 0.1) is 6.07 Å². The number of halogens is 1. The van der Waals surface area contributed by atoms with Crippen LogP contribution in [0.1, 0.15) is 0 Å². The number of nitrogens with one attached hydrogen (secondary N) is 1. The Hall–Kier alpha value is -0.570. The molecule has 0 spiro atoms. The van der Waals surface area contributed by atoms with Crippen molar-refractivity contribution in [2.24, 2.45) is 0 Å².